The quantitative estimate of drug-likeness (QED) is 0.920. The summed E-state index contributed by atoms with van der Waals surface area (Å²) in [5, 5.41) is 5.07. The molecule has 0 spiro atoms. The SMILES string of the molecule is NS(=O)(=O)c1ccc(C2=C(c3ccc(F)cc3)CC(CF)C2)nc1. The smallest absolute Gasteiger partial charge is 0.239 e. The van der Waals surface area contributed by atoms with Crippen LogP contribution in [0.5, 0.6) is 0 Å². The van der Waals surface area contributed by atoms with Crippen molar-refractivity contribution >= 4 is 21.2 Å². The number of primary sulfonamides is 1. The second-order valence-corrected chi connectivity index (χ2v) is 7.38. The van der Waals surface area contributed by atoms with Gasteiger partial charge in [-0.3, -0.25) is 9.37 Å². The van der Waals surface area contributed by atoms with Crippen LogP contribution in [-0.2, 0) is 10.0 Å². The molecule has 1 aliphatic carbocycles. The predicted octanol–water partition coefficient (Wildman–Crippen LogP) is 3.16. The summed E-state index contributed by atoms with van der Waals surface area (Å²) in [7, 11) is -3.81. The van der Waals surface area contributed by atoms with E-state index in [1.807, 2.05) is 0 Å². The number of hydrogen-bond acceptors (Lipinski definition) is 3. The van der Waals surface area contributed by atoms with Crippen molar-refractivity contribution in [1.82, 2.24) is 4.98 Å². The van der Waals surface area contributed by atoms with Gasteiger partial charge in [-0.05, 0) is 59.7 Å². The molecule has 0 fully saturated rings. The molecule has 1 aromatic heterocycles. The van der Waals surface area contributed by atoms with Gasteiger partial charge in [0.05, 0.1) is 12.4 Å². The van der Waals surface area contributed by atoms with Crippen molar-refractivity contribution < 1.29 is 17.2 Å². The van der Waals surface area contributed by atoms with Crippen LogP contribution >= 0.6 is 0 Å². The molecule has 0 saturated carbocycles. The summed E-state index contributed by atoms with van der Waals surface area (Å²) in [6, 6.07) is 8.99. The lowest BCUT2D eigenvalue weighted by Gasteiger charge is -2.08. The number of pyridine rings is 1. The molecule has 7 heteroatoms. The lowest BCUT2D eigenvalue weighted by atomic mass is 10.00. The highest BCUT2D eigenvalue weighted by atomic mass is 32.2. The fourth-order valence-corrected chi connectivity index (χ4v) is 3.39. The maximum atomic E-state index is 13.2. The van der Waals surface area contributed by atoms with Gasteiger partial charge in [0, 0.05) is 6.20 Å². The zero-order chi connectivity index (χ0) is 17.3. The number of aromatic nitrogens is 1. The Bertz CT molecular complexity index is 876. The average molecular weight is 350 g/mol. The average Bonchev–Trinajstić information content (AvgIpc) is 2.99. The Morgan fingerprint density at radius 1 is 1.08 bits per heavy atom. The minimum absolute atomic E-state index is 0.0739. The molecule has 24 heavy (non-hydrogen) atoms. The topological polar surface area (TPSA) is 73.1 Å². The first kappa shape index (κ1) is 16.7. The van der Waals surface area contributed by atoms with Gasteiger partial charge in [-0.1, -0.05) is 12.1 Å². The van der Waals surface area contributed by atoms with Gasteiger partial charge in [0.25, 0.3) is 0 Å². The Morgan fingerprint density at radius 3 is 2.29 bits per heavy atom. The summed E-state index contributed by atoms with van der Waals surface area (Å²) in [6.45, 7) is -0.455. The van der Waals surface area contributed by atoms with Crippen molar-refractivity contribution in [3.63, 3.8) is 0 Å². The summed E-state index contributed by atoms with van der Waals surface area (Å²) in [5.41, 5.74) is 3.16. The van der Waals surface area contributed by atoms with E-state index in [9.17, 15) is 17.2 Å². The molecule has 0 aliphatic heterocycles. The van der Waals surface area contributed by atoms with Crippen LogP contribution in [0.3, 0.4) is 0 Å². The summed E-state index contributed by atoms with van der Waals surface area (Å²) < 4.78 is 48.9. The number of alkyl halides is 1. The molecule has 0 saturated heterocycles. The second kappa shape index (κ2) is 6.41. The number of sulfonamides is 1. The Labute approximate surface area is 139 Å². The lowest BCUT2D eigenvalue weighted by Crippen LogP contribution is -2.12. The zero-order valence-corrected chi connectivity index (χ0v) is 13.6. The first-order chi connectivity index (χ1) is 11.4. The third kappa shape index (κ3) is 3.37. The molecule has 3 rings (SSSR count). The van der Waals surface area contributed by atoms with E-state index in [4.69, 9.17) is 5.14 Å². The molecule has 2 N–H and O–H groups in total. The largest absolute Gasteiger partial charge is 0.255 e. The maximum absolute atomic E-state index is 13.2. The summed E-state index contributed by atoms with van der Waals surface area (Å²) in [6.07, 6.45) is 2.24. The fraction of sp³-hybridized carbons (Fsp3) is 0.235. The first-order valence-electron chi connectivity index (χ1n) is 7.41. The van der Waals surface area contributed by atoms with Gasteiger partial charge >= 0.3 is 0 Å². The van der Waals surface area contributed by atoms with Gasteiger partial charge in [-0.25, -0.2) is 17.9 Å². The Balaban J connectivity index is 2.04. The van der Waals surface area contributed by atoms with Gasteiger partial charge in [0.15, 0.2) is 0 Å². The molecule has 0 bridgehead atoms. The Kier molecular flexibility index (Phi) is 4.47. The number of halogens is 2. The van der Waals surface area contributed by atoms with Crippen LogP contribution in [-0.4, -0.2) is 20.1 Å². The standard InChI is InChI=1S/C17H16F2N2O2S/c18-9-11-7-15(12-1-3-13(19)4-2-12)16(8-11)17-6-5-14(10-21-17)24(20,22)23/h1-6,10-11H,7-9H2,(H2,20,22,23). The number of nitrogens with zero attached hydrogens (tertiary/aromatic N) is 1. The van der Waals surface area contributed by atoms with Gasteiger partial charge < -0.3 is 0 Å². The van der Waals surface area contributed by atoms with E-state index in [2.05, 4.69) is 4.98 Å². The van der Waals surface area contributed by atoms with Gasteiger partial charge in [-0.15, -0.1) is 0 Å². The molecule has 1 aromatic carbocycles. The van der Waals surface area contributed by atoms with E-state index in [0.717, 1.165) is 16.7 Å². The molecule has 0 amide bonds. The number of rotatable bonds is 4. The zero-order valence-electron chi connectivity index (χ0n) is 12.7. The summed E-state index contributed by atoms with van der Waals surface area (Å²) >= 11 is 0. The van der Waals surface area contributed by atoms with Crippen LogP contribution in [0.15, 0.2) is 47.5 Å². The number of benzene rings is 1. The number of hydrogen-bond donors (Lipinski definition) is 1. The van der Waals surface area contributed by atoms with Crippen molar-refractivity contribution in [2.75, 3.05) is 6.67 Å². The van der Waals surface area contributed by atoms with Crippen molar-refractivity contribution in [3.8, 4) is 0 Å². The predicted molar refractivity (Wildman–Crippen MR) is 87.5 cm³/mol. The highest BCUT2D eigenvalue weighted by molar-refractivity contribution is 7.89. The van der Waals surface area contributed by atoms with Gasteiger partial charge in [-0.2, -0.15) is 0 Å². The minimum Gasteiger partial charge on any atom is -0.255 e. The minimum atomic E-state index is -3.81. The van der Waals surface area contributed by atoms with Crippen LogP contribution < -0.4 is 5.14 Å². The van der Waals surface area contributed by atoms with Crippen LogP contribution in [0.25, 0.3) is 11.1 Å². The van der Waals surface area contributed by atoms with Crippen molar-refractivity contribution in [3.05, 3.63) is 59.7 Å². The molecule has 1 aliphatic rings. The summed E-state index contributed by atoms with van der Waals surface area (Å²) in [5.74, 6) is -0.490. The maximum Gasteiger partial charge on any atom is 0.239 e. The lowest BCUT2D eigenvalue weighted by molar-refractivity contribution is 0.379. The molecule has 126 valence electrons. The number of allylic oxidation sites excluding steroid dienone is 2. The van der Waals surface area contributed by atoms with Crippen molar-refractivity contribution in [1.29, 1.82) is 0 Å². The van der Waals surface area contributed by atoms with E-state index >= 15 is 0 Å². The molecule has 1 heterocycles. The summed E-state index contributed by atoms with van der Waals surface area (Å²) in [4.78, 5) is 4.10. The second-order valence-electron chi connectivity index (χ2n) is 5.82. The monoisotopic (exact) mass is 350 g/mol. The van der Waals surface area contributed by atoms with Crippen LogP contribution in [0.1, 0.15) is 24.1 Å². The van der Waals surface area contributed by atoms with E-state index in [1.165, 1.54) is 24.4 Å². The molecular weight excluding hydrogens is 334 g/mol. The van der Waals surface area contributed by atoms with E-state index < -0.39 is 16.7 Å². The molecule has 2 aromatic rings. The molecule has 0 radical (unpaired) electrons. The molecule has 4 nitrogen and oxygen atoms in total. The Hall–Kier alpha value is -2.12. The van der Waals surface area contributed by atoms with Crippen molar-refractivity contribution in [2.24, 2.45) is 11.1 Å². The first-order valence-corrected chi connectivity index (χ1v) is 8.96. The van der Waals surface area contributed by atoms with Gasteiger partial charge in [0.1, 0.15) is 10.7 Å². The normalized spacial score (nSPS) is 18.2. The third-order valence-electron chi connectivity index (χ3n) is 4.13. The molecule has 1 atom stereocenters. The molecule has 1 unspecified atom stereocenters. The van der Waals surface area contributed by atoms with E-state index in [-0.39, 0.29) is 16.6 Å². The number of nitrogens with two attached hydrogens (primary N) is 1. The fourth-order valence-electron chi connectivity index (χ4n) is 2.93. The van der Waals surface area contributed by atoms with Gasteiger partial charge in [0.2, 0.25) is 10.0 Å². The van der Waals surface area contributed by atoms with Crippen LogP contribution in [0.4, 0.5) is 8.78 Å². The highest BCUT2D eigenvalue weighted by Gasteiger charge is 2.27. The molecular formula is C17H16F2N2O2S. The third-order valence-corrected chi connectivity index (χ3v) is 5.03. The highest BCUT2D eigenvalue weighted by Crippen LogP contribution is 2.42. The van der Waals surface area contributed by atoms with Crippen LogP contribution in [0, 0.1) is 11.7 Å². The van der Waals surface area contributed by atoms with Crippen LogP contribution in [0.2, 0.25) is 0 Å². The van der Waals surface area contributed by atoms with E-state index in [0.29, 0.717) is 18.5 Å². The van der Waals surface area contributed by atoms with Crippen molar-refractivity contribution in [2.45, 2.75) is 17.7 Å². The van der Waals surface area contributed by atoms with E-state index in [1.54, 1.807) is 18.2 Å². The Morgan fingerprint density at radius 2 is 1.75 bits per heavy atom.